The Kier molecular flexibility index (Phi) is 3.42. The number of oxazole rings is 1. The lowest BCUT2D eigenvalue weighted by Crippen LogP contribution is -2.31. The summed E-state index contributed by atoms with van der Waals surface area (Å²) in [4.78, 5) is 4.38. The molecule has 1 aliphatic heterocycles. The summed E-state index contributed by atoms with van der Waals surface area (Å²) in [7, 11) is 0. The third-order valence-electron chi connectivity index (χ3n) is 3.73. The number of benzene rings is 1. The molecular formula is C15H18N2O. The molecule has 1 aromatic carbocycles. The quantitative estimate of drug-likeness (QED) is 0.899. The highest BCUT2D eigenvalue weighted by atomic mass is 16.3. The maximum absolute atomic E-state index is 5.57. The van der Waals surface area contributed by atoms with Crippen LogP contribution in [0.3, 0.4) is 0 Å². The van der Waals surface area contributed by atoms with Crippen LogP contribution in [0.4, 0.5) is 0 Å². The maximum Gasteiger partial charge on any atom is 0.201 e. The van der Waals surface area contributed by atoms with Gasteiger partial charge in [-0.3, -0.25) is 0 Å². The number of piperidine rings is 1. The summed E-state index contributed by atoms with van der Waals surface area (Å²) in [6.07, 6.45) is 5.78. The van der Waals surface area contributed by atoms with Crippen molar-refractivity contribution in [2.75, 3.05) is 13.1 Å². The third-order valence-corrected chi connectivity index (χ3v) is 3.73. The summed E-state index contributed by atoms with van der Waals surface area (Å²) >= 11 is 0. The van der Waals surface area contributed by atoms with Gasteiger partial charge < -0.3 is 9.73 Å². The zero-order chi connectivity index (χ0) is 12.2. The summed E-state index contributed by atoms with van der Waals surface area (Å²) in [5, 5.41) is 3.42. The molecule has 3 heteroatoms. The van der Waals surface area contributed by atoms with Crippen LogP contribution in [0.25, 0.3) is 0 Å². The molecule has 1 N–H and O–H groups in total. The van der Waals surface area contributed by atoms with Gasteiger partial charge in [0.05, 0.1) is 12.1 Å². The molecule has 0 amide bonds. The van der Waals surface area contributed by atoms with Crippen molar-refractivity contribution in [3.8, 4) is 0 Å². The van der Waals surface area contributed by atoms with Gasteiger partial charge in [-0.15, -0.1) is 0 Å². The van der Waals surface area contributed by atoms with Crippen molar-refractivity contribution in [2.24, 2.45) is 5.92 Å². The molecule has 1 fully saturated rings. The minimum atomic E-state index is 0.295. The standard InChI is InChI=1S/C15H18N2O/c1-2-4-12(5-3-1)14(15-17-10-11-18-15)13-6-8-16-9-7-13/h1-5,10-11,13-14,16H,6-9H2. The van der Waals surface area contributed by atoms with Crippen molar-refractivity contribution in [1.82, 2.24) is 10.3 Å². The van der Waals surface area contributed by atoms with E-state index >= 15 is 0 Å². The highest BCUT2D eigenvalue weighted by molar-refractivity contribution is 5.25. The number of hydrogen-bond donors (Lipinski definition) is 1. The normalized spacial score (nSPS) is 18.7. The number of rotatable bonds is 3. The number of hydrogen-bond acceptors (Lipinski definition) is 3. The minimum absolute atomic E-state index is 0.295. The molecule has 0 aliphatic carbocycles. The molecule has 3 nitrogen and oxygen atoms in total. The molecular weight excluding hydrogens is 224 g/mol. The van der Waals surface area contributed by atoms with Crippen molar-refractivity contribution in [3.63, 3.8) is 0 Å². The lowest BCUT2D eigenvalue weighted by atomic mass is 9.80. The van der Waals surface area contributed by atoms with Crippen molar-refractivity contribution >= 4 is 0 Å². The number of nitrogens with one attached hydrogen (secondary N) is 1. The lowest BCUT2D eigenvalue weighted by molar-refractivity contribution is 0.307. The Morgan fingerprint density at radius 2 is 1.94 bits per heavy atom. The second kappa shape index (κ2) is 5.36. The predicted octanol–water partition coefficient (Wildman–Crippen LogP) is 2.81. The van der Waals surface area contributed by atoms with E-state index in [1.54, 1.807) is 12.5 Å². The fourth-order valence-corrected chi connectivity index (χ4v) is 2.84. The van der Waals surface area contributed by atoms with Crippen LogP contribution in [0, 0.1) is 5.92 Å². The van der Waals surface area contributed by atoms with Crippen LogP contribution in [-0.2, 0) is 0 Å². The second-order valence-corrected chi connectivity index (χ2v) is 4.85. The number of aromatic nitrogens is 1. The Hall–Kier alpha value is -1.61. The monoisotopic (exact) mass is 242 g/mol. The van der Waals surface area contributed by atoms with Gasteiger partial charge in [0.2, 0.25) is 5.89 Å². The Labute approximate surface area is 107 Å². The van der Waals surface area contributed by atoms with Crippen molar-refractivity contribution in [3.05, 3.63) is 54.2 Å². The predicted molar refractivity (Wildman–Crippen MR) is 70.4 cm³/mol. The first-order valence-corrected chi connectivity index (χ1v) is 6.60. The van der Waals surface area contributed by atoms with E-state index in [9.17, 15) is 0 Å². The van der Waals surface area contributed by atoms with Crippen LogP contribution in [0.5, 0.6) is 0 Å². The van der Waals surface area contributed by atoms with Gasteiger partial charge in [0.1, 0.15) is 6.26 Å². The molecule has 1 aliphatic rings. The average molecular weight is 242 g/mol. The molecule has 0 radical (unpaired) electrons. The van der Waals surface area contributed by atoms with E-state index in [0.717, 1.165) is 19.0 Å². The largest absolute Gasteiger partial charge is 0.448 e. The fourth-order valence-electron chi connectivity index (χ4n) is 2.84. The summed E-state index contributed by atoms with van der Waals surface area (Å²) in [6.45, 7) is 2.18. The summed E-state index contributed by atoms with van der Waals surface area (Å²) < 4.78 is 5.57. The number of nitrogens with zero attached hydrogens (tertiary/aromatic N) is 1. The summed E-state index contributed by atoms with van der Waals surface area (Å²) in [5.41, 5.74) is 1.31. The molecule has 1 unspecified atom stereocenters. The summed E-state index contributed by atoms with van der Waals surface area (Å²) in [6, 6.07) is 10.6. The van der Waals surface area contributed by atoms with E-state index in [0.29, 0.717) is 11.8 Å². The molecule has 0 bridgehead atoms. The highest BCUT2D eigenvalue weighted by Gasteiger charge is 2.29. The van der Waals surface area contributed by atoms with E-state index < -0.39 is 0 Å². The van der Waals surface area contributed by atoms with E-state index in [1.807, 2.05) is 0 Å². The first-order chi connectivity index (χ1) is 8.95. The SMILES string of the molecule is c1ccc(C(c2ncco2)C2CCNCC2)cc1. The van der Waals surface area contributed by atoms with Crippen LogP contribution in [-0.4, -0.2) is 18.1 Å². The molecule has 2 heterocycles. The molecule has 0 saturated carbocycles. The van der Waals surface area contributed by atoms with Gasteiger partial charge in [0.25, 0.3) is 0 Å². The van der Waals surface area contributed by atoms with Gasteiger partial charge >= 0.3 is 0 Å². The van der Waals surface area contributed by atoms with E-state index in [1.165, 1.54) is 18.4 Å². The molecule has 0 spiro atoms. The van der Waals surface area contributed by atoms with Gasteiger partial charge in [0, 0.05) is 0 Å². The molecule has 1 aromatic heterocycles. The topological polar surface area (TPSA) is 38.1 Å². The van der Waals surface area contributed by atoms with Gasteiger partial charge in [-0.05, 0) is 37.4 Å². The highest BCUT2D eigenvalue weighted by Crippen LogP contribution is 2.35. The van der Waals surface area contributed by atoms with Crippen LogP contribution in [0.2, 0.25) is 0 Å². The second-order valence-electron chi connectivity index (χ2n) is 4.85. The first-order valence-electron chi connectivity index (χ1n) is 6.60. The van der Waals surface area contributed by atoms with Crippen LogP contribution in [0.15, 0.2) is 47.2 Å². The molecule has 1 atom stereocenters. The maximum atomic E-state index is 5.57. The Bertz CT molecular complexity index is 461. The van der Waals surface area contributed by atoms with Gasteiger partial charge in [-0.2, -0.15) is 0 Å². The fraction of sp³-hybridized carbons (Fsp3) is 0.400. The molecule has 18 heavy (non-hydrogen) atoms. The van der Waals surface area contributed by atoms with Crippen molar-refractivity contribution in [1.29, 1.82) is 0 Å². The molecule has 94 valence electrons. The lowest BCUT2D eigenvalue weighted by Gasteiger charge is -2.29. The minimum Gasteiger partial charge on any atom is -0.448 e. The van der Waals surface area contributed by atoms with Crippen LogP contribution in [0.1, 0.15) is 30.2 Å². The Morgan fingerprint density at radius 3 is 2.61 bits per heavy atom. The zero-order valence-corrected chi connectivity index (χ0v) is 10.4. The van der Waals surface area contributed by atoms with Gasteiger partial charge in [-0.1, -0.05) is 30.3 Å². The van der Waals surface area contributed by atoms with Crippen LogP contribution < -0.4 is 5.32 Å². The summed E-state index contributed by atoms with van der Waals surface area (Å²) in [5.74, 6) is 1.77. The van der Waals surface area contributed by atoms with Crippen LogP contribution >= 0.6 is 0 Å². The first kappa shape index (κ1) is 11.5. The van der Waals surface area contributed by atoms with Crippen molar-refractivity contribution < 1.29 is 4.42 Å². The smallest absolute Gasteiger partial charge is 0.201 e. The van der Waals surface area contributed by atoms with Gasteiger partial charge in [0.15, 0.2) is 0 Å². The van der Waals surface area contributed by atoms with Crippen molar-refractivity contribution in [2.45, 2.75) is 18.8 Å². The Balaban J connectivity index is 1.93. The van der Waals surface area contributed by atoms with E-state index in [4.69, 9.17) is 4.42 Å². The average Bonchev–Trinajstić information content (AvgIpc) is 2.95. The van der Waals surface area contributed by atoms with E-state index in [-0.39, 0.29) is 0 Å². The molecule has 1 saturated heterocycles. The third kappa shape index (κ3) is 2.31. The Morgan fingerprint density at radius 1 is 1.17 bits per heavy atom. The molecule has 3 rings (SSSR count). The zero-order valence-electron chi connectivity index (χ0n) is 10.4. The van der Waals surface area contributed by atoms with Gasteiger partial charge in [-0.25, -0.2) is 4.98 Å². The van der Waals surface area contributed by atoms with E-state index in [2.05, 4.69) is 40.6 Å². The molecule has 2 aromatic rings.